The van der Waals surface area contributed by atoms with Gasteiger partial charge in [0.05, 0.1) is 6.10 Å². The number of methoxy groups -OCH3 is 2. The first-order valence-corrected chi connectivity index (χ1v) is 4.18. The summed E-state index contributed by atoms with van der Waals surface area (Å²) in [6, 6.07) is 0. The molecule has 1 saturated carbocycles. The Morgan fingerprint density at radius 2 is 2.17 bits per heavy atom. The van der Waals surface area contributed by atoms with Crippen molar-refractivity contribution in [2.45, 2.75) is 24.2 Å². The average Bonchev–Trinajstić information content (AvgIpc) is 2.55. The van der Waals surface area contributed by atoms with E-state index < -0.39 is 5.60 Å². The predicted octanol–water partition coefficient (Wildman–Crippen LogP) is 0.337. The van der Waals surface area contributed by atoms with Gasteiger partial charge in [0, 0.05) is 20.1 Å². The fourth-order valence-corrected chi connectivity index (χ4v) is 2.39. The summed E-state index contributed by atoms with van der Waals surface area (Å²) in [7, 11) is 3.28. The van der Waals surface area contributed by atoms with E-state index in [9.17, 15) is 5.11 Å². The molecule has 0 saturated heterocycles. The average molecular weight is 170 g/mol. The van der Waals surface area contributed by atoms with Crippen LogP contribution in [0.4, 0.5) is 0 Å². The van der Waals surface area contributed by atoms with E-state index in [1.165, 1.54) is 0 Å². The molecule has 3 heteroatoms. The zero-order chi connectivity index (χ0) is 8.77. The first-order chi connectivity index (χ1) is 5.71. The molecule has 0 spiro atoms. The fraction of sp³-hybridized carbons (Fsp3) is 0.778. The summed E-state index contributed by atoms with van der Waals surface area (Å²) in [6.07, 6.45) is 4.41. The Kier molecular flexibility index (Phi) is 1.75. The third-order valence-corrected chi connectivity index (χ3v) is 2.93. The zero-order valence-corrected chi connectivity index (χ0v) is 7.36. The van der Waals surface area contributed by atoms with Crippen molar-refractivity contribution >= 4 is 0 Å². The molecule has 1 fully saturated rings. The lowest BCUT2D eigenvalue weighted by atomic mass is 9.98. The minimum absolute atomic E-state index is 0.0185. The van der Waals surface area contributed by atoms with Crippen LogP contribution in [0.2, 0.25) is 0 Å². The van der Waals surface area contributed by atoms with Crippen molar-refractivity contribution in [3.8, 4) is 0 Å². The van der Waals surface area contributed by atoms with Crippen LogP contribution in [-0.2, 0) is 9.47 Å². The Labute approximate surface area is 72.0 Å². The molecule has 68 valence electrons. The number of hydrogen-bond donors (Lipinski definition) is 1. The Balaban J connectivity index is 2.26. The minimum Gasteiger partial charge on any atom is -0.383 e. The van der Waals surface area contributed by atoms with Crippen molar-refractivity contribution in [1.82, 2.24) is 0 Å². The molecule has 0 aromatic heterocycles. The monoisotopic (exact) mass is 170 g/mol. The molecule has 3 nitrogen and oxygen atoms in total. The second-order valence-electron chi connectivity index (χ2n) is 3.57. The lowest BCUT2D eigenvalue weighted by molar-refractivity contribution is -0.0975. The second kappa shape index (κ2) is 2.55. The van der Waals surface area contributed by atoms with Crippen LogP contribution in [0.5, 0.6) is 0 Å². The zero-order valence-electron chi connectivity index (χ0n) is 7.36. The van der Waals surface area contributed by atoms with Crippen LogP contribution in [-0.4, -0.2) is 37.1 Å². The lowest BCUT2D eigenvalue weighted by Gasteiger charge is -2.30. The second-order valence-corrected chi connectivity index (χ2v) is 3.57. The van der Waals surface area contributed by atoms with E-state index in [0.29, 0.717) is 5.92 Å². The quantitative estimate of drug-likeness (QED) is 0.607. The van der Waals surface area contributed by atoms with Gasteiger partial charge in [0.25, 0.3) is 0 Å². The molecule has 1 N–H and O–H groups in total. The topological polar surface area (TPSA) is 38.7 Å². The Hall–Kier alpha value is -0.380. The van der Waals surface area contributed by atoms with Gasteiger partial charge in [0.2, 0.25) is 0 Å². The maximum Gasteiger partial charge on any atom is 0.116 e. The van der Waals surface area contributed by atoms with Crippen LogP contribution in [0, 0.1) is 5.92 Å². The first-order valence-electron chi connectivity index (χ1n) is 4.18. The summed E-state index contributed by atoms with van der Waals surface area (Å²) in [6.45, 7) is 0. The number of rotatable bonds is 2. The van der Waals surface area contributed by atoms with E-state index in [1.54, 1.807) is 14.2 Å². The van der Waals surface area contributed by atoms with Crippen molar-refractivity contribution < 1.29 is 14.6 Å². The summed E-state index contributed by atoms with van der Waals surface area (Å²) in [4.78, 5) is 0. The molecule has 0 heterocycles. The van der Waals surface area contributed by atoms with Crippen molar-refractivity contribution in [2.75, 3.05) is 14.2 Å². The van der Waals surface area contributed by atoms with Crippen LogP contribution in [0.1, 0.15) is 6.42 Å². The maximum atomic E-state index is 10.0. The lowest BCUT2D eigenvalue weighted by Crippen LogP contribution is -2.44. The molecule has 2 aliphatic rings. The molecule has 4 atom stereocenters. The predicted molar refractivity (Wildman–Crippen MR) is 43.8 cm³/mol. The van der Waals surface area contributed by atoms with Crippen molar-refractivity contribution in [2.24, 2.45) is 5.92 Å². The summed E-state index contributed by atoms with van der Waals surface area (Å²) in [5.74, 6) is 0.324. The molecular weight excluding hydrogens is 156 g/mol. The van der Waals surface area contributed by atoms with Gasteiger partial charge in [0.15, 0.2) is 0 Å². The smallest absolute Gasteiger partial charge is 0.116 e. The van der Waals surface area contributed by atoms with Crippen molar-refractivity contribution in [3.63, 3.8) is 0 Å². The van der Waals surface area contributed by atoms with Gasteiger partial charge in [-0.1, -0.05) is 12.2 Å². The van der Waals surface area contributed by atoms with Crippen LogP contribution in [0.3, 0.4) is 0 Å². The van der Waals surface area contributed by atoms with E-state index in [0.717, 1.165) is 6.42 Å². The summed E-state index contributed by atoms with van der Waals surface area (Å²) < 4.78 is 10.5. The fourth-order valence-electron chi connectivity index (χ4n) is 2.39. The van der Waals surface area contributed by atoms with Gasteiger partial charge in [-0.2, -0.15) is 0 Å². The van der Waals surface area contributed by atoms with Crippen LogP contribution < -0.4 is 0 Å². The van der Waals surface area contributed by atoms with Gasteiger partial charge in [-0.05, 0) is 6.42 Å². The molecule has 2 rings (SSSR count). The van der Waals surface area contributed by atoms with E-state index in [2.05, 4.69) is 0 Å². The molecule has 2 aliphatic carbocycles. The van der Waals surface area contributed by atoms with Crippen LogP contribution in [0.15, 0.2) is 12.2 Å². The van der Waals surface area contributed by atoms with Gasteiger partial charge in [-0.15, -0.1) is 0 Å². The third-order valence-electron chi connectivity index (χ3n) is 2.93. The molecule has 0 amide bonds. The van der Waals surface area contributed by atoms with E-state index in [1.807, 2.05) is 12.2 Å². The van der Waals surface area contributed by atoms with E-state index in [-0.39, 0.29) is 12.2 Å². The molecular formula is C9H14O3. The highest BCUT2D eigenvalue weighted by molar-refractivity contribution is 5.25. The molecule has 0 aromatic carbocycles. The number of fused-ring (bicyclic) bond motifs is 2. The van der Waals surface area contributed by atoms with Crippen LogP contribution >= 0.6 is 0 Å². The van der Waals surface area contributed by atoms with E-state index in [4.69, 9.17) is 9.47 Å². The van der Waals surface area contributed by atoms with Crippen molar-refractivity contribution in [3.05, 3.63) is 12.2 Å². The van der Waals surface area contributed by atoms with Gasteiger partial charge in [-0.25, -0.2) is 0 Å². The summed E-state index contributed by atoms with van der Waals surface area (Å²) in [5.41, 5.74) is -0.778. The Bertz CT molecular complexity index is 214. The molecule has 0 radical (unpaired) electrons. The van der Waals surface area contributed by atoms with Gasteiger partial charge >= 0.3 is 0 Å². The standard InChI is InChI=1S/C9H14O3/c1-11-7-6-3-4-9(10,5-6)8(7)12-2/h3-4,6-8,10H,5H2,1-2H3. The van der Waals surface area contributed by atoms with Gasteiger partial charge in [-0.3, -0.25) is 0 Å². The maximum absolute atomic E-state index is 10.0. The van der Waals surface area contributed by atoms with E-state index >= 15 is 0 Å². The van der Waals surface area contributed by atoms with Crippen LogP contribution in [0.25, 0.3) is 0 Å². The molecule has 2 bridgehead atoms. The van der Waals surface area contributed by atoms with Crippen molar-refractivity contribution in [1.29, 1.82) is 0 Å². The largest absolute Gasteiger partial charge is 0.383 e. The highest BCUT2D eigenvalue weighted by Crippen LogP contribution is 2.45. The minimum atomic E-state index is -0.778. The molecule has 4 unspecified atom stereocenters. The normalized spacial score (nSPS) is 50.4. The summed E-state index contributed by atoms with van der Waals surface area (Å²) in [5, 5.41) is 10.0. The summed E-state index contributed by atoms with van der Waals surface area (Å²) >= 11 is 0. The van der Waals surface area contributed by atoms with Gasteiger partial charge < -0.3 is 14.6 Å². The van der Waals surface area contributed by atoms with Gasteiger partial charge in [0.1, 0.15) is 11.7 Å². The SMILES string of the molecule is COC1C2C=CC(O)(C2)C1OC. The Morgan fingerprint density at radius 1 is 1.42 bits per heavy atom. The number of hydrogen-bond acceptors (Lipinski definition) is 3. The number of aliphatic hydroxyl groups is 1. The Morgan fingerprint density at radius 3 is 2.67 bits per heavy atom. The third kappa shape index (κ3) is 0.873. The molecule has 0 aromatic rings. The number of ether oxygens (including phenoxy) is 2. The molecule has 12 heavy (non-hydrogen) atoms. The highest BCUT2D eigenvalue weighted by Gasteiger charge is 2.54. The first kappa shape index (κ1) is 8.23. The highest BCUT2D eigenvalue weighted by atomic mass is 16.5. The molecule has 0 aliphatic heterocycles.